The van der Waals surface area contributed by atoms with Gasteiger partial charge < -0.3 is 0 Å². The molecule has 4 aromatic heterocycles. The fourth-order valence-electron chi connectivity index (χ4n) is 3.37. The van der Waals surface area contributed by atoms with Crippen LogP contribution in [-0.2, 0) is 0 Å². The van der Waals surface area contributed by atoms with Crippen LogP contribution in [0, 0.1) is 0 Å². The van der Waals surface area contributed by atoms with E-state index in [0.717, 1.165) is 53.3 Å². The van der Waals surface area contributed by atoms with Crippen LogP contribution < -0.4 is 4.06 Å². The maximum absolute atomic E-state index is 11.7. The highest BCUT2D eigenvalue weighted by Gasteiger charge is 2.14. The van der Waals surface area contributed by atoms with Crippen LogP contribution in [-0.4, -0.2) is 19.9 Å². The Bertz CT molecular complexity index is 1450. The molecule has 0 fully saturated rings. The molecule has 0 unspecified atom stereocenters. The van der Waals surface area contributed by atoms with Gasteiger partial charge in [0.2, 0.25) is 0 Å². The molecule has 6 rings (SSSR count). The van der Waals surface area contributed by atoms with Gasteiger partial charge in [0.25, 0.3) is 4.06 Å². The minimum absolute atomic E-state index is 0.0872. The number of rotatable bonds is 0. The highest BCUT2D eigenvalue weighted by molar-refractivity contribution is 7.35. The lowest BCUT2D eigenvalue weighted by molar-refractivity contribution is 1.36. The van der Waals surface area contributed by atoms with Crippen LogP contribution >= 0.6 is 22.7 Å². The molecule has 0 saturated carbocycles. The largest absolute Gasteiger partial charge is 0.288 e. The van der Waals surface area contributed by atoms with Gasteiger partial charge in [-0.1, -0.05) is 22.7 Å². The first-order valence-electron chi connectivity index (χ1n) is 7.94. The fraction of sp³-hybridized carbons (Fsp3) is 0. The first-order valence-corrected chi connectivity index (χ1v) is 9.58. The van der Waals surface area contributed by atoms with E-state index in [0.29, 0.717) is 0 Å². The van der Waals surface area contributed by atoms with Crippen molar-refractivity contribution in [3.63, 3.8) is 0 Å². The normalized spacial score (nSPS) is 12.0. The highest BCUT2D eigenvalue weighted by Crippen LogP contribution is 2.33. The predicted octanol–water partition coefficient (Wildman–Crippen LogP) is 4.52. The van der Waals surface area contributed by atoms with E-state index in [9.17, 15) is 4.79 Å². The fourth-order valence-corrected chi connectivity index (χ4v) is 5.34. The Morgan fingerprint density at radius 1 is 0.692 bits per heavy atom. The molecule has 7 heteroatoms. The van der Waals surface area contributed by atoms with Crippen molar-refractivity contribution in [3.8, 4) is 0 Å². The van der Waals surface area contributed by atoms with Crippen LogP contribution in [0.5, 0.6) is 0 Å². The first kappa shape index (κ1) is 14.2. The summed E-state index contributed by atoms with van der Waals surface area (Å²) >= 11 is 2.50. The number of hydrogen-bond donors (Lipinski definition) is 0. The number of nitrogens with zero attached hydrogens (tertiary/aromatic N) is 4. The number of pyridine rings is 2. The maximum atomic E-state index is 11.7. The molecular weight excluding hydrogens is 364 g/mol. The first-order chi connectivity index (χ1) is 12.8. The van der Waals surface area contributed by atoms with E-state index in [4.69, 9.17) is 9.97 Å². The Morgan fingerprint density at radius 2 is 1.19 bits per heavy atom. The Balaban J connectivity index is 1.92. The molecule has 0 saturated heterocycles. The summed E-state index contributed by atoms with van der Waals surface area (Å²) in [6, 6.07) is 11.7. The number of fused-ring (bicyclic) bond motifs is 8. The van der Waals surface area contributed by atoms with Crippen molar-refractivity contribution in [2.24, 2.45) is 0 Å². The summed E-state index contributed by atoms with van der Waals surface area (Å²) < 4.78 is 1.99. The summed E-state index contributed by atoms with van der Waals surface area (Å²) in [6.45, 7) is 0. The number of aromatic nitrogens is 4. The zero-order valence-electron chi connectivity index (χ0n) is 13.1. The maximum Gasteiger partial charge on any atom is 0.288 e. The van der Waals surface area contributed by atoms with Crippen molar-refractivity contribution in [1.29, 1.82) is 0 Å². The van der Waals surface area contributed by atoms with E-state index in [1.807, 2.05) is 36.4 Å². The summed E-state index contributed by atoms with van der Waals surface area (Å²) in [5.74, 6) is 0. The molecule has 0 aliphatic rings. The van der Waals surface area contributed by atoms with E-state index in [1.54, 1.807) is 12.4 Å². The number of benzene rings is 2. The van der Waals surface area contributed by atoms with Gasteiger partial charge in [-0.2, -0.15) is 0 Å². The molecule has 26 heavy (non-hydrogen) atoms. The zero-order chi connectivity index (χ0) is 17.3. The summed E-state index contributed by atoms with van der Waals surface area (Å²) in [5, 5.41) is 1.86. The molecule has 0 radical (unpaired) electrons. The zero-order valence-corrected chi connectivity index (χ0v) is 14.8. The molecule has 0 aliphatic carbocycles. The third-order valence-corrected chi connectivity index (χ3v) is 6.54. The van der Waals surface area contributed by atoms with Gasteiger partial charge in [0, 0.05) is 23.2 Å². The van der Waals surface area contributed by atoms with Crippen LogP contribution in [0.3, 0.4) is 0 Å². The minimum Gasteiger partial charge on any atom is -0.265 e. The molecule has 0 N–H and O–H groups in total. The van der Waals surface area contributed by atoms with Crippen molar-refractivity contribution in [2.45, 2.75) is 0 Å². The third-order valence-electron chi connectivity index (χ3n) is 4.47. The molecule has 0 atom stereocenters. The minimum atomic E-state index is 0.0872. The number of hydrogen-bond acceptors (Lipinski definition) is 7. The molecule has 0 bridgehead atoms. The Hall–Kier alpha value is -3.03. The van der Waals surface area contributed by atoms with Crippen LogP contribution in [0.25, 0.3) is 53.3 Å². The van der Waals surface area contributed by atoms with Gasteiger partial charge in [0.05, 0.1) is 42.5 Å². The highest BCUT2D eigenvalue weighted by atomic mass is 32.2. The van der Waals surface area contributed by atoms with Crippen LogP contribution in [0.4, 0.5) is 0 Å². The van der Waals surface area contributed by atoms with Crippen molar-refractivity contribution >= 4 is 75.9 Å². The SMILES string of the molecule is O=c1sc2cc3nc4c5cccnc5c5ncccc5c4nc3cc2s1. The Kier molecular flexibility index (Phi) is 2.72. The van der Waals surface area contributed by atoms with Crippen molar-refractivity contribution in [1.82, 2.24) is 19.9 Å². The lowest BCUT2D eigenvalue weighted by atomic mass is 10.1. The molecule has 0 amide bonds. The topological polar surface area (TPSA) is 68.6 Å². The van der Waals surface area contributed by atoms with Crippen molar-refractivity contribution in [3.05, 3.63) is 57.6 Å². The van der Waals surface area contributed by atoms with Gasteiger partial charge in [-0.05, 0) is 36.4 Å². The quantitative estimate of drug-likeness (QED) is 0.290. The summed E-state index contributed by atoms with van der Waals surface area (Å²) in [6.07, 6.45) is 3.53. The predicted molar refractivity (Wildman–Crippen MR) is 107 cm³/mol. The van der Waals surface area contributed by atoms with Crippen molar-refractivity contribution < 1.29 is 0 Å². The van der Waals surface area contributed by atoms with Crippen molar-refractivity contribution in [2.75, 3.05) is 0 Å². The molecule has 122 valence electrons. The second-order valence-corrected chi connectivity index (χ2v) is 8.25. The van der Waals surface area contributed by atoms with E-state index >= 15 is 0 Å². The van der Waals surface area contributed by atoms with E-state index in [2.05, 4.69) is 9.97 Å². The van der Waals surface area contributed by atoms with Crippen LogP contribution in [0.2, 0.25) is 0 Å². The summed E-state index contributed by atoms with van der Waals surface area (Å²) in [5.41, 5.74) is 4.84. The standard InChI is InChI=1S/C19H8N4OS2/c24-19-25-13-7-11-12(8-14(13)26-19)23-18-10-4-2-6-21-16(10)15-9(17(18)22-11)3-1-5-20-15/h1-8H. The van der Waals surface area contributed by atoms with Gasteiger partial charge >= 0.3 is 0 Å². The smallest absolute Gasteiger partial charge is 0.265 e. The Labute approximate surface area is 153 Å². The summed E-state index contributed by atoms with van der Waals surface area (Å²) in [7, 11) is 0. The molecule has 0 aliphatic heterocycles. The average molecular weight is 372 g/mol. The van der Waals surface area contributed by atoms with E-state index in [-0.39, 0.29) is 4.06 Å². The summed E-state index contributed by atoms with van der Waals surface area (Å²) in [4.78, 5) is 30.6. The molecule has 0 spiro atoms. The Morgan fingerprint density at radius 3 is 1.69 bits per heavy atom. The lowest BCUT2D eigenvalue weighted by Gasteiger charge is -2.08. The second-order valence-electron chi connectivity index (χ2n) is 5.96. The van der Waals surface area contributed by atoms with Gasteiger partial charge in [-0.3, -0.25) is 14.8 Å². The molecule has 6 aromatic rings. The molecule has 4 heterocycles. The molecule has 5 nitrogen and oxygen atoms in total. The van der Waals surface area contributed by atoms with Gasteiger partial charge in [0.15, 0.2) is 0 Å². The molecular formula is C19H8N4OS2. The monoisotopic (exact) mass is 372 g/mol. The van der Waals surface area contributed by atoms with E-state index < -0.39 is 0 Å². The van der Waals surface area contributed by atoms with Crippen LogP contribution in [0.1, 0.15) is 0 Å². The van der Waals surface area contributed by atoms with Crippen LogP contribution in [0.15, 0.2) is 53.6 Å². The van der Waals surface area contributed by atoms with Gasteiger partial charge in [-0.25, -0.2) is 9.97 Å². The third kappa shape index (κ3) is 1.86. The van der Waals surface area contributed by atoms with Gasteiger partial charge in [-0.15, -0.1) is 0 Å². The van der Waals surface area contributed by atoms with E-state index in [1.165, 1.54) is 22.7 Å². The average Bonchev–Trinajstić information content (AvgIpc) is 3.04. The molecule has 2 aromatic carbocycles. The van der Waals surface area contributed by atoms with Gasteiger partial charge in [0.1, 0.15) is 0 Å². The lowest BCUT2D eigenvalue weighted by Crippen LogP contribution is -1.93. The second kappa shape index (κ2) is 5.00.